The zero-order chi connectivity index (χ0) is 11.7. The molecule has 4 heteroatoms. The summed E-state index contributed by atoms with van der Waals surface area (Å²) >= 11 is 5.14. The van der Waals surface area contributed by atoms with Crippen LogP contribution in [-0.4, -0.2) is 15.2 Å². The predicted molar refractivity (Wildman–Crippen MR) is 66.9 cm³/mol. The van der Waals surface area contributed by atoms with E-state index in [0.717, 1.165) is 28.1 Å². The molecule has 16 heavy (non-hydrogen) atoms. The van der Waals surface area contributed by atoms with Crippen LogP contribution in [0.15, 0.2) is 18.3 Å². The summed E-state index contributed by atoms with van der Waals surface area (Å²) in [4.78, 5) is 4.27. The number of H-pyrrole nitrogens is 1. The molecule has 0 fully saturated rings. The molecule has 2 aromatic heterocycles. The number of nitrogens with zero attached hydrogens (tertiary/aromatic N) is 2. The van der Waals surface area contributed by atoms with Crippen LogP contribution in [0.1, 0.15) is 16.8 Å². The molecule has 82 valence electrons. The zero-order valence-corrected chi connectivity index (χ0v) is 10.4. The lowest BCUT2D eigenvalue weighted by molar-refractivity contribution is 0.984. The number of aromatic amines is 1. The number of hydrogen-bond donors (Lipinski definition) is 1. The molecule has 0 amide bonds. The van der Waals surface area contributed by atoms with Gasteiger partial charge in [-0.2, -0.15) is 5.10 Å². The average molecular weight is 231 g/mol. The van der Waals surface area contributed by atoms with Crippen LogP contribution in [0.25, 0.3) is 11.3 Å². The molecule has 3 nitrogen and oxygen atoms in total. The summed E-state index contributed by atoms with van der Waals surface area (Å²) in [7, 11) is 0. The molecule has 0 aliphatic rings. The van der Waals surface area contributed by atoms with Crippen molar-refractivity contribution in [2.45, 2.75) is 20.8 Å². The first-order valence-corrected chi connectivity index (χ1v) is 5.49. The Balaban J connectivity index is 2.61. The van der Waals surface area contributed by atoms with E-state index in [1.165, 1.54) is 0 Å². The number of hydrogen-bond acceptors (Lipinski definition) is 3. The molecule has 2 rings (SSSR count). The minimum atomic E-state index is 0.696. The van der Waals surface area contributed by atoms with E-state index in [0.29, 0.717) is 4.64 Å². The Bertz CT molecular complexity index is 570. The van der Waals surface area contributed by atoms with Crippen LogP contribution in [0.5, 0.6) is 0 Å². The van der Waals surface area contributed by atoms with Gasteiger partial charge in [-0.25, -0.2) is 0 Å². The minimum absolute atomic E-state index is 0.696. The third-order valence-electron chi connectivity index (χ3n) is 2.71. The van der Waals surface area contributed by atoms with Gasteiger partial charge in [0.05, 0.1) is 5.69 Å². The number of aromatic nitrogens is 3. The summed E-state index contributed by atoms with van der Waals surface area (Å²) < 4.78 is 0.696. The first kappa shape index (κ1) is 11.0. The number of pyridine rings is 1. The standard InChI is InChI=1S/C12H13N3S/c1-7-4-5-10(6-13-7)11-8(2)9(3)12(16)15-14-11/h4-6H,1-3H3,(H,15,16). The number of nitrogens with one attached hydrogen (secondary N) is 1. The molecule has 0 bridgehead atoms. The highest BCUT2D eigenvalue weighted by Crippen LogP contribution is 2.21. The van der Waals surface area contributed by atoms with E-state index in [9.17, 15) is 0 Å². The average Bonchev–Trinajstić information content (AvgIpc) is 2.28. The minimum Gasteiger partial charge on any atom is -0.267 e. The number of rotatable bonds is 1. The second kappa shape index (κ2) is 4.14. The van der Waals surface area contributed by atoms with Crippen molar-refractivity contribution in [2.24, 2.45) is 0 Å². The van der Waals surface area contributed by atoms with E-state index in [1.54, 1.807) is 0 Å². The quantitative estimate of drug-likeness (QED) is 0.767. The van der Waals surface area contributed by atoms with Crippen molar-refractivity contribution in [3.05, 3.63) is 39.8 Å². The van der Waals surface area contributed by atoms with E-state index in [2.05, 4.69) is 15.2 Å². The molecular formula is C12H13N3S. The second-order valence-corrected chi connectivity index (χ2v) is 4.25. The van der Waals surface area contributed by atoms with Crippen molar-refractivity contribution in [3.63, 3.8) is 0 Å². The Hall–Kier alpha value is -1.55. The van der Waals surface area contributed by atoms with E-state index >= 15 is 0 Å². The fraction of sp³-hybridized carbons (Fsp3) is 0.250. The summed E-state index contributed by atoms with van der Waals surface area (Å²) in [6, 6.07) is 4.00. The van der Waals surface area contributed by atoms with Crippen molar-refractivity contribution in [1.82, 2.24) is 15.2 Å². The first-order valence-electron chi connectivity index (χ1n) is 5.08. The highest BCUT2D eigenvalue weighted by atomic mass is 32.1. The number of aryl methyl sites for hydroxylation is 1. The lowest BCUT2D eigenvalue weighted by atomic mass is 10.1. The molecule has 0 aromatic carbocycles. The molecule has 2 aromatic rings. The monoisotopic (exact) mass is 231 g/mol. The van der Waals surface area contributed by atoms with Gasteiger partial charge in [0.15, 0.2) is 0 Å². The van der Waals surface area contributed by atoms with Crippen molar-refractivity contribution in [3.8, 4) is 11.3 Å². The van der Waals surface area contributed by atoms with Gasteiger partial charge < -0.3 is 0 Å². The Labute approximate surface area is 99.6 Å². The van der Waals surface area contributed by atoms with Gasteiger partial charge in [-0.1, -0.05) is 12.2 Å². The molecule has 0 spiro atoms. The Morgan fingerprint density at radius 3 is 2.50 bits per heavy atom. The lowest BCUT2D eigenvalue weighted by Crippen LogP contribution is -1.97. The Morgan fingerprint density at radius 1 is 1.12 bits per heavy atom. The fourth-order valence-electron chi connectivity index (χ4n) is 1.51. The van der Waals surface area contributed by atoms with Crippen LogP contribution in [0.4, 0.5) is 0 Å². The molecule has 0 unspecified atom stereocenters. The summed E-state index contributed by atoms with van der Waals surface area (Å²) in [6.07, 6.45) is 1.83. The molecule has 2 heterocycles. The zero-order valence-electron chi connectivity index (χ0n) is 9.53. The molecule has 1 N–H and O–H groups in total. The van der Waals surface area contributed by atoms with Gasteiger partial charge in [-0.15, -0.1) is 0 Å². The van der Waals surface area contributed by atoms with Gasteiger partial charge in [0, 0.05) is 17.5 Å². The van der Waals surface area contributed by atoms with Crippen LogP contribution in [0, 0.1) is 25.4 Å². The molecule has 0 atom stereocenters. The van der Waals surface area contributed by atoms with Crippen LogP contribution >= 0.6 is 12.2 Å². The van der Waals surface area contributed by atoms with E-state index in [1.807, 2.05) is 39.1 Å². The molecule has 0 saturated carbocycles. The van der Waals surface area contributed by atoms with Gasteiger partial charge in [-0.05, 0) is 44.0 Å². The van der Waals surface area contributed by atoms with Crippen LogP contribution in [0.3, 0.4) is 0 Å². The van der Waals surface area contributed by atoms with Crippen LogP contribution in [-0.2, 0) is 0 Å². The van der Waals surface area contributed by atoms with Crippen molar-refractivity contribution in [1.29, 1.82) is 0 Å². The van der Waals surface area contributed by atoms with E-state index < -0.39 is 0 Å². The molecule has 0 radical (unpaired) electrons. The van der Waals surface area contributed by atoms with Gasteiger partial charge in [0.2, 0.25) is 0 Å². The lowest BCUT2D eigenvalue weighted by Gasteiger charge is -2.07. The molecule has 0 saturated heterocycles. The first-order chi connectivity index (χ1) is 7.59. The summed E-state index contributed by atoms with van der Waals surface area (Å²) in [5.74, 6) is 0. The summed E-state index contributed by atoms with van der Waals surface area (Å²) in [5, 5.41) is 7.13. The van der Waals surface area contributed by atoms with E-state index in [4.69, 9.17) is 12.2 Å². The summed E-state index contributed by atoms with van der Waals surface area (Å²) in [5.41, 5.74) is 5.10. The fourth-order valence-corrected chi connectivity index (χ4v) is 1.71. The highest BCUT2D eigenvalue weighted by molar-refractivity contribution is 7.71. The highest BCUT2D eigenvalue weighted by Gasteiger charge is 2.07. The smallest absolute Gasteiger partial charge is 0.122 e. The second-order valence-electron chi connectivity index (χ2n) is 3.84. The van der Waals surface area contributed by atoms with Crippen LogP contribution < -0.4 is 0 Å². The largest absolute Gasteiger partial charge is 0.267 e. The van der Waals surface area contributed by atoms with E-state index in [-0.39, 0.29) is 0 Å². The Morgan fingerprint density at radius 2 is 1.88 bits per heavy atom. The third-order valence-corrected chi connectivity index (χ3v) is 3.11. The maximum absolute atomic E-state index is 5.14. The maximum Gasteiger partial charge on any atom is 0.122 e. The van der Waals surface area contributed by atoms with Gasteiger partial charge >= 0.3 is 0 Å². The van der Waals surface area contributed by atoms with Crippen molar-refractivity contribution < 1.29 is 0 Å². The van der Waals surface area contributed by atoms with Crippen molar-refractivity contribution in [2.75, 3.05) is 0 Å². The Kier molecular flexibility index (Phi) is 2.83. The predicted octanol–water partition coefficient (Wildman–Crippen LogP) is 3.13. The van der Waals surface area contributed by atoms with Crippen molar-refractivity contribution >= 4 is 12.2 Å². The normalized spacial score (nSPS) is 10.4. The molecule has 0 aliphatic heterocycles. The molecular weight excluding hydrogens is 218 g/mol. The van der Waals surface area contributed by atoms with Crippen LogP contribution in [0.2, 0.25) is 0 Å². The van der Waals surface area contributed by atoms with Gasteiger partial charge in [0.1, 0.15) is 4.64 Å². The molecule has 0 aliphatic carbocycles. The maximum atomic E-state index is 5.14. The summed E-state index contributed by atoms with van der Waals surface area (Å²) in [6.45, 7) is 6.00. The SMILES string of the molecule is Cc1ccc(-c2n[nH]c(=S)c(C)c2C)cn1. The van der Waals surface area contributed by atoms with Gasteiger partial charge in [-0.3, -0.25) is 10.1 Å². The third kappa shape index (κ3) is 1.88. The van der Waals surface area contributed by atoms with Gasteiger partial charge in [0.25, 0.3) is 0 Å². The topological polar surface area (TPSA) is 41.6 Å².